The molecule has 0 heterocycles. The molecule has 0 bridgehead atoms. The van der Waals surface area contributed by atoms with Crippen molar-refractivity contribution in [2.45, 2.75) is 10.6 Å². The number of hydrogen-bond acceptors (Lipinski definition) is 2. The zero-order chi connectivity index (χ0) is 16.6. The smallest absolute Gasteiger partial charge is 0.236 e. The van der Waals surface area contributed by atoms with Crippen LogP contribution in [0.15, 0.2) is 89.8 Å². The molecule has 0 aliphatic carbocycles. The largest absolute Gasteiger partial charge is 0.279 e. The molecule has 24 heavy (non-hydrogen) atoms. The topological polar surface area (TPSA) is 17.1 Å². The van der Waals surface area contributed by atoms with Gasteiger partial charge in [0.05, 0.1) is 0 Å². The molecule has 0 aromatic heterocycles. The second-order valence-corrected chi connectivity index (χ2v) is 6.29. The number of carbonyl (C=O) groups is 1. The highest BCUT2D eigenvalue weighted by Crippen LogP contribution is 2.23. The van der Waals surface area contributed by atoms with Crippen LogP contribution >= 0.6 is 11.8 Å². The molecule has 0 radical (unpaired) electrons. The minimum Gasteiger partial charge on any atom is -0.279 e. The van der Waals surface area contributed by atoms with Gasteiger partial charge in [-0.2, -0.15) is 0 Å². The van der Waals surface area contributed by atoms with Crippen molar-refractivity contribution in [3.8, 4) is 11.8 Å². The number of hydrogen-bond donors (Lipinski definition) is 0. The van der Waals surface area contributed by atoms with Gasteiger partial charge in [-0.15, -0.1) is 11.8 Å². The Labute approximate surface area is 146 Å². The van der Waals surface area contributed by atoms with Gasteiger partial charge in [-0.25, -0.2) is 0 Å². The monoisotopic (exact) mass is 328 g/mol. The number of benzene rings is 3. The molecular weight excluding hydrogens is 312 g/mol. The Morgan fingerprint density at radius 3 is 2.08 bits per heavy atom. The van der Waals surface area contributed by atoms with Gasteiger partial charge in [0.25, 0.3) is 0 Å². The molecule has 3 aromatic carbocycles. The number of rotatable bonds is 4. The summed E-state index contributed by atoms with van der Waals surface area (Å²) in [7, 11) is 0. The van der Waals surface area contributed by atoms with Crippen LogP contribution in [0, 0.1) is 11.8 Å². The standard InChI is InChI=1S/C22H16OS/c23-22(16-11-18-7-3-1-4-8-18)20-12-14-21(15-13-20)24-17-19-9-5-2-6-10-19/h1-10,12-15H,17H2. The average Bonchev–Trinajstić information content (AvgIpc) is 2.66. The van der Waals surface area contributed by atoms with E-state index >= 15 is 0 Å². The molecule has 1 nitrogen and oxygen atoms in total. The van der Waals surface area contributed by atoms with Gasteiger partial charge in [0.1, 0.15) is 0 Å². The fourth-order valence-electron chi connectivity index (χ4n) is 2.17. The Bertz CT molecular complexity index is 857. The summed E-state index contributed by atoms with van der Waals surface area (Å²) in [6.07, 6.45) is 0. The summed E-state index contributed by atoms with van der Waals surface area (Å²) in [6.45, 7) is 0. The highest BCUT2D eigenvalue weighted by molar-refractivity contribution is 7.98. The van der Waals surface area contributed by atoms with Crippen LogP contribution in [0.2, 0.25) is 0 Å². The molecule has 0 atom stereocenters. The first kappa shape index (κ1) is 16.1. The summed E-state index contributed by atoms with van der Waals surface area (Å²) in [4.78, 5) is 13.3. The first-order valence-electron chi connectivity index (χ1n) is 7.69. The third kappa shape index (κ3) is 4.62. The number of ketones is 1. The van der Waals surface area contributed by atoms with Crippen molar-refractivity contribution in [3.63, 3.8) is 0 Å². The zero-order valence-electron chi connectivity index (χ0n) is 13.1. The summed E-state index contributed by atoms with van der Waals surface area (Å²) < 4.78 is 0. The molecule has 0 saturated heterocycles. The van der Waals surface area contributed by atoms with E-state index in [0.717, 1.165) is 16.2 Å². The van der Waals surface area contributed by atoms with Crippen LogP contribution in [0.5, 0.6) is 0 Å². The lowest BCUT2D eigenvalue weighted by molar-refractivity contribution is 0.105. The molecule has 0 aliphatic rings. The van der Waals surface area contributed by atoms with Gasteiger partial charge in [-0.05, 0) is 47.9 Å². The molecule has 0 fully saturated rings. The van der Waals surface area contributed by atoms with Crippen LogP contribution in [0.25, 0.3) is 0 Å². The minimum absolute atomic E-state index is 0.154. The number of carbonyl (C=O) groups excluding carboxylic acids is 1. The maximum absolute atomic E-state index is 12.1. The Morgan fingerprint density at radius 1 is 0.792 bits per heavy atom. The molecule has 0 unspecified atom stereocenters. The third-order valence-electron chi connectivity index (χ3n) is 3.46. The summed E-state index contributed by atoms with van der Waals surface area (Å²) in [5, 5.41) is 0. The summed E-state index contributed by atoms with van der Waals surface area (Å²) in [5.41, 5.74) is 2.76. The van der Waals surface area contributed by atoms with Gasteiger partial charge < -0.3 is 0 Å². The van der Waals surface area contributed by atoms with Crippen molar-refractivity contribution >= 4 is 17.5 Å². The lowest BCUT2D eigenvalue weighted by Crippen LogP contribution is -1.94. The van der Waals surface area contributed by atoms with Crippen LogP contribution < -0.4 is 0 Å². The molecule has 0 N–H and O–H groups in total. The van der Waals surface area contributed by atoms with Gasteiger partial charge in [0.2, 0.25) is 5.78 Å². The van der Waals surface area contributed by atoms with Crippen molar-refractivity contribution < 1.29 is 4.79 Å². The Morgan fingerprint density at radius 2 is 1.42 bits per heavy atom. The van der Waals surface area contributed by atoms with E-state index < -0.39 is 0 Å². The van der Waals surface area contributed by atoms with Crippen LogP contribution in [-0.4, -0.2) is 5.78 Å². The average molecular weight is 328 g/mol. The predicted octanol–water partition coefficient (Wildman–Crippen LogP) is 5.21. The number of thioether (sulfide) groups is 1. The van der Waals surface area contributed by atoms with Gasteiger partial charge in [0.15, 0.2) is 0 Å². The molecular formula is C22H16OS. The second-order valence-electron chi connectivity index (χ2n) is 5.24. The molecule has 0 aliphatic heterocycles. The summed E-state index contributed by atoms with van der Waals surface area (Å²) >= 11 is 1.76. The van der Waals surface area contributed by atoms with E-state index in [9.17, 15) is 4.79 Å². The quantitative estimate of drug-likeness (QED) is 0.371. The van der Waals surface area contributed by atoms with E-state index in [1.165, 1.54) is 5.56 Å². The highest BCUT2D eigenvalue weighted by Gasteiger charge is 2.02. The summed E-state index contributed by atoms with van der Waals surface area (Å²) in [6, 6.07) is 27.5. The highest BCUT2D eigenvalue weighted by atomic mass is 32.2. The van der Waals surface area contributed by atoms with Gasteiger partial charge >= 0.3 is 0 Å². The van der Waals surface area contributed by atoms with Crippen molar-refractivity contribution in [1.82, 2.24) is 0 Å². The van der Waals surface area contributed by atoms with E-state index in [1.807, 2.05) is 72.8 Å². The summed E-state index contributed by atoms with van der Waals surface area (Å²) in [5.74, 6) is 6.36. The van der Waals surface area contributed by atoms with Crippen LogP contribution in [0.3, 0.4) is 0 Å². The SMILES string of the molecule is O=C(C#Cc1ccccc1)c1ccc(SCc2ccccc2)cc1. The molecule has 3 rings (SSSR count). The van der Waals surface area contributed by atoms with E-state index in [0.29, 0.717) is 5.56 Å². The Balaban J connectivity index is 1.62. The molecule has 0 spiro atoms. The Kier molecular flexibility index (Phi) is 5.50. The van der Waals surface area contributed by atoms with Crippen molar-refractivity contribution in [2.24, 2.45) is 0 Å². The van der Waals surface area contributed by atoms with E-state index in [4.69, 9.17) is 0 Å². The zero-order valence-corrected chi connectivity index (χ0v) is 13.9. The molecule has 0 saturated carbocycles. The first-order valence-corrected chi connectivity index (χ1v) is 8.68. The van der Waals surface area contributed by atoms with E-state index in [-0.39, 0.29) is 5.78 Å². The van der Waals surface area contributed by atoms with Crippen LogP contribution in [0.1, 0.15) is 21.5 Å². The van der Waals surface area contributed by atoms with Crippen LogP contribution in [0.4, 0.5) is 0 Å². The molecule has 2 heteroatoms. The third-order valence-corrected chi connectivity index (χ3v) is 4.54. The molecule has 0 amide bonds. The lowest BCUT2D eigenvalue weighted by atomic mass is 10.1. The maximum atomic E-state index is 12.1. The minimum atomic E-state index is -0.154. The van der Waals surface area contributed by atoms with Crippen LogP contribution in [-0.2, 0) is 5.75 Å². The van der Waals surface area contributed by atoms with E-state index in [1.54, 1.807) is 11.8 Å². The van der Waals surface area contributed by atoms with Gasteiger partial charge in [-0.3, -0.25) is 4.79 Å². The number of Topliss-reactive ketones (excluding diaryl/α,β-unsaturated/α-hetero) is 1. The Hall–Kier alpha value is -2.76. The van der Waals surface area contributed by atoms with Crippen molar-refractivity contribution in [2.75, 3.05) is 0 Å². The van der Waals surface area contributed by atoms with Gasteiger partial charge in [-0.1, -0.05) is 54.5 Å². The van der Waals surface area contributed by atoms with Gasteiger partial charge in [0, 0.05) is 21.8 Å². The van der Waals surface area contributed by atoms with Crippen molar-refractivity contribution in [3.05, 3.63) is 102 Å². The molecule has 3 aromatic rings. The fourth-order valence-corrected chi connectivity index (χ4v) is 3.02. The molecule has 116 valence electrons. The second kappa shape index (κ2) is 8.19. The van der Waals surface area contributed by atoms with Crippen molar-refractivity contribution in [1.29, 1.82) is 0 Å². The van der Waals surface area contributed by atoms with E-state index in [2.05, 4.69) is 24.0 Å². The normalized spacial score (nSPS) is 9.83. The lowest BCUT2D eigenvalue weighted by Gasteiger charge is -2.02. The maximum Gasteiger partial charge on any atom is 0.236 e. The predicted molar refractivity (Wildman–Crippen MR) is 100 cm³/mol. The fraction of sp³-hybridized carbons (Fsp3) is 0.0455. The first-order chi connectivity index (χ1) is 11.8.